The maximum Gasteiger partial charge on any atom is 0.126 e. The summed E-state index contributed by atoms with van der Waals surface area (Å²) in [5.74, 6) is 1.47. The normalized spacial score (nSPS) is 28.4. The second-order valence-corrected chi connectivity index (χ2v) is 5.46. The number of aromatic amines is 1. The Labute approximate surface area is 102 Å². The molecule has 0 radical (unpaired) electrons. The maximum absolute atomic E-state index is 6.47. The molecule has 17 heavy (non-hydrogen) atoms. The number of ether oxygens (including phenoxy) is 1. The summed E-state index contributed by atoms with van der Waals surface area (Å²) in [6.07, 6.45) is 8.92. The standard InChI is InChI=1S/C13H21N3O/c14-13(5-2-1-3-6-13)12-15-8-11(16-12)10-4-7-17-9-10/h8,10H,1-7,9,14H2,(H,15,16). The molecule has 4 heteroatoms. The third-order valence-electron chi connectivity index (χ3n) is 4.18. The molecule has 1 aliphatic carbocycles. The molecule has 1 atom stereocenters. The van der Waals surface area contributed by atoms with Gasteiger partial charge < -0.3 is 15.5 Å². The second-order valence-electron chi connectivity index (χ2n) is 5.46. The third kappa shape index (κ3) is 2.11. The molecule has 1 aliphatic heterocycles. The van der Waals surface area contributed by atoms with Gasteiger partial charge in [0.05, 0.1) is 12.1 Å². The van der Waals surface area contributed by atoms with Crippen molar-refractivity contribution in [1.82, 2.24) is 9.97 Å². The van der Waals surface area contributed by atoms with Crippen molar-refractivity contribution >= 4 is 0 Å². The van der Waals surface area contributed by atoms with Crippen molar-refractivity contribution in [3.63, 3.8) is 0 Å². The molecule has 1 unspecified atom stereocenters. The van der Waals surface area contributed by atoms with Crippen molar-refractivity contribution in [2.24, 2.45) is 5.73 Å². The fourth-order valence-electron chi connectivity index (χ4n) is 3.00. The first-order valence-electron chi connectivity index (χ1n) is 6.70. The van der Waals surface area contributed by atoms with E-state index in [9.17, 15) is 0 Å². The fourth-order valence-corrected chi connectivity index (χ4v) is 3.00. The molecule has 1 saturated carbocycles. The van der Waals surface area contributed by atoms with Crippen molar-refractivity contribution in [1.29, 1.82) is 0 Å². The Hall–Kier alpha value is -0.870. The highest BCUT2D eigenvalue weighted by atomic mass is 16.5. The van der Waals surface area contributed by atoms with Crippen LogP contribution in [0.5, 0.6) is 0 Å². The topological polar surface area (TPSA) is 63.9 Å². The minimum atomic E-state index is -0.212. The molecule has 1 aromatic rings. The largest absolute Gasteiger partial charge is 0.381 e. The lowest BCUT2D eigenvalue weighted by Crippen LogP contribution is -2.39. The monoisotopic (exact) mass is 235 g/mol. The molecule has 0 bridgehead atoms. The van der Waals surface area contributed by atoms with Gasteiger partial charge in [-0.15, -0.1) is 0 Å². The summed E-state index contributed by atoms with van der Waals surface area (Å²) in [6.45, 7) is 1.69. The van der Waals surface area contributed by atoms with Gasteiger partial charge in [0.1, 0.15) is 5.82 Å². The Kier molecular flexibility index (Phi) is 2.92. The van der Waals surface area contributed by atoms with E-state index < -0.39 is 0 Å². The predicted molar refractivity (Wildman–Crippen MR) is 65.7 cm³/mol. The maximum atomic E-state index is 6.47. The third-order valence-corrected chi connectivity index (χ3v) is 4.18. The number of hydrogen-bond donors (Lipinski definition) is 2. The van der Waals surface area contributed by atoms with E-state index in [1.165, 1.54) is 25.0 Å². The zero-order chi connectivity index (χ0) is 11.7. The van der Waals surface area contributed by atoms with Crippen LogP contribution in [-0.2, 0) is 10.3 Å². The molecule has 3 rings (SSSR count). The Bertz CT molecular complexity index is 376. The number of H-pyrrole nitrogens is 1. The minimum Gasteiger partial charge on any atom is -0.381 e. The number of imidazole rings is 1. The van der Waals surface area contributed by atoms with E-state index in [-0.39, 0.29) is 5.54 Å². The molecule has 2 aliphatic rings. The van der Waals surface area contributed by atoms with Crippen LogP contribution in [0.4, 0.5) is 0 Å². The Morgan fingerprint density at radius 2 is 2.18 bits per heavy atom. The molecule has 2 heterocycles. The summed E-state index contributed by atoms with van der Waals surface area (Å²) in [5.41, 5.74) is 7.46. The van der Waals surface area contributed by atoms with Gasteiger partial charge in [-0.25, -0.2) is 4.98 Å². The van der Waals surface area contributed by atoms with Crippen LogP contribution in [0.25, 0.3) is 0 Å². The molecule has 0 amide bonds. The van der Waals surface area contributed by atoms with Gasteiger partial charge in [0.2, 0.25) is 0 Å². The van der Waals surface area contributed by atoms with Gasteiger partial charge in [0.15, 0.2) is 0 Å². The summed E-state index contributed by atoms with van der Waals surface area (Å²) in [4.78, 5) is 7.97. The van der Waals surface area contributed by atoms with Crippen molar-refractivity contribution in [2.45, 2.75) is 50.0 Å². The number of nitrogens with one attached hydrogen (secondary N) is 1. The average Bonchev–Trinajstić information content (AvgIpc) is 3.01. The summed E-state index contributed by atoms with van der Waals surface area (Å²) >= 11 is 0. The van der Waals surface area contributed by atoms with Crippen LogP contribution in [0.2, 0.25) is 0 Å². The van der Waals surface area contributed by atoms with Gasteiger partial charge in [-0.05, 0) is 19.3 Å². The van der Waals surface area contributed by atoms with Gasteiger partial charge in [-0.1, -0.05) is 19.3 Å². The highest BCUT2D eigenvalue weighted by Gasteiger charge is 2.33. The summed E-state index contributed by atoms with van der Waals surface area (Å²) in [5, 5.41) is 0. The van der Waals surface area contributed by atoms with Crippen LogP contribution < -0.4 is 5.73 Å². The lowest BCUT2D eigenvalue weighted by atomic mass is 9.82. The SMILES string of the molecule is NC1(c2ncc(C3CCOC3)[nH]2)CCCCC1. The van der Waals surface area contributed by atoms with Crippen molar-refractivity contribution < 1.29 is 4.74 Å². The van der Waals surface area contributed by atoms with Gasteiger partial charge in [0, 0.05) is 24.4 Å². The smallest absolute Gasteiger partial charge is 0.126 e. The van der Waals surface area contributed by atoms with Gasteiger partial charge >= 0.3 is 0 Å². The summed E-state index contributed by atoms with van der Waals surface area (Å²) in [7, 11) is 0. The lowest BCUT2D eigenvalue weighted by molar-refractivity contribution is 0.193. The summed E-state index contributed by atoms with van der Waals surface area (Å²) < 4.78 is 5.41. The number of rotatable bonds is 2. The van der Waals surface area contributed by atoms with Crippen LogP contribution in [-0.4, -0.2) is 23.2 Å². The molecular weight excluding hydrogens is 214 g/mol. The van der Waals surface area contributed by atoms with E-state index in [4.69, 9.17) is 10.5 Å². The number of nitrogens with zero attached hydrogens (tertiary/aromatic N) is 1. The van der Waals surface area contributed by atoms with Crippen molar-refractivity contribution in [3.05, 3.63) is 17.7 Å². The molecular formula is C13H21N3O. The van der Waals surface area contributed by atoms with E-state index in [0.29, 0.717) is 5.92 Å². The molecule has 0 spiro atoms. The van der Waals surface area contributed by atoms with Gasteiger partial charge in [-0.3, -0.25) is 0 Å². The average molecular weight is 235 g/mol. The highest BCUT2D eigenvalue weighted by molar-refractivity contribution is 5.15. The highest BCUT2D eigenvalue weighted by Crippen LogP contribution is 2.34. The summed E-state index contributed by atoms with van der Waals surface area (Å²) in [6, 6.07) is 0. The predicted octanol–water partition coefficient (Wildman–Crippen LogP) is 2.03. The van der Waals surface area contributed by atoms with Crippen LogP contribution >= 0.6 is 0 Å². The molecule has 2 fully saturated rings. The Morgan fingerprint density at radius 1 is 1.35 bits per heavy atom. The Balaban J connectivity index is 1.78. The minimum absolute atomic E-state index is 0.212. The first kappa shape index (κ1) is 11.2. The van der Waals surface area contributed by atoms with E-state index in [2.05, 4.69) is 9.97 Å². The number of aromatic nitrogens is 2. The first-order chi connectivity index (χ1) is 8.28. The van der Waals surface area contributed by atoms with Crippen LogP contribution in [0.1, 0.15) is 56.0 Å². The second kappa shape index (κ2) is 4.42. The van der Waals surface area contributed by atoms with Crippen LogP contribution in [0.15, 0.2) is 6.20 Å². The van der Waals surface area contributed by atoms with E-state index in [0.717, 1.165) is 38.3 Å². The number of nitrogens with two attached hydrogens (primary N) is 1. The molecule has 94 valence electrons. The van der Waals surface area contributed by atoms with Gasteiger partial charge in [-0.2, -0.15) is 0 Å². The molecule has 1 saturated heterocycles. The lowest BCUT2D eigenvalue weighted by Gasteiger charge is -2.31. The molecule has 0 aromatic carbocycles. The molecule has 4 nitrogen and oxygen atoms in total. The van der Waals surface area contributed by atoms with Crippen molar-refractivity contribution in [2.75, 3.05) is 13.2 Å². The number of hydrogen-bond acceptors (Lipinski definition) is 3. The first-order valence-corrected chi connectivity index (χ1v) is 6.70. The zero-order valence-corrected chi connectivity index (χ0v) is 10.2. The van der Waals surface area contributed by atoms with Gasteiger partial charge in [0.25, 0.3) is 0 Å². The van der Waals surface area contributed by atoms with Crippen molar-refractivity contribution in [3.8, 4) is 0 Å². The van der Waals surface area contributed by atoms with Crippen LogP contribution in [0, 0.1) is 0 Å². The van der Waals surface area contributed by atoms with E-state index in [1.54, 1.807) is 0 Å². The fraction of sp³-hybridized carbons (Fsp3) is 0.769. The Morgan fingerprint density at radius 3 is 2.88 bits per heavy atom. The molecule has 3 N–H and O–H groups in total. The van der Waals surface area contributed by atoms with E-state index in [1.807, 2.05) is 6.20 Å². The quantitative estimate of drug-likeness (QED) is 0.824. The molecule has 1 aromatic heterocycles. The zero-order valence-electron chi connectivity index (χ0n) is 10.2. The van der Waals surface area contributed by atoms with E-state index >= 15 is 0 Å². The van der Waals surface area contributed by atoms with Crippen LogP contribution in [0.3, 0.4) is 0 Å².